The Balaban J connectivity index is 1.99. The Kier molecular flexibility index (Phi) is 8.81. The van der Waals surface area contributed by atoms with Gasteiger partial charge in [-0.3, -0.25) is 8.37 Å². The smallest absolute Gasteiger partial charge is 0.338 e. The molecule has 3 rings (SSSR count). The van der Waals surface area contributed by atoms with Crippen molar-refractivity contribution in [3.8, 4) is 0 Å². The Labute approximate surface area is 207 Å². The summed E-state index contributed by atoms with van der Waals surface area (Å²) in [5, 5.41) is 10.6. The van der Waals surface area contributed by atoms with E-state index in [1.807, 2.05) is 0 Å². The van der Waals surface area contributed by atoms with Gasteiger partial charge in [0.25, 0.3) is 20.2 Å². The lowest BCUT2D eigenvalue weighted by atomic mass is 9.98. The van der Waals surface area contributed by atoms with Crippen molar-refractivity contribution in [2.24, 2.45) is 0 Å². The van der Waals surface area contributed by atoms with Gasteiger partial charge in [-0.15, -0.1) is 0 Å². The summed E-state index contributed by atoms with van der Waals surface area (Å²) >= 11 is 0. The molecular weight excluding hydrogens is 520 g/mol. The number of ether oxygens (including phenoxy) is 3. The van der Waals surface area contributed by atoms with Crippen LogP contribution in [0.2, 0.25) is 0 Å². The zero-order valence-electron chi connectivity index (χ0n) is 19.1. The van der Waals surface area contributed by atoms with Gasteiger partial charge in [-0.2, -0.15) is 16.8 Å². The highest BCUT2D eigenvalue weighted by atomic mass is 32.2. The molecule has 2 aromatic carbocycles. The first-order valence-electron chi connectivity index (χ1n) is 10.4. The van der Waals surface area contributed by atoms with Crippen LogP contribution in [0, 0.1) is 0 Å². The Hall–Kier alpha value is -2.88. The Bertz CT molecular complexity index is 1260. The minimum absolute atomic E-state index is 0.0636. The lowest BCUT2D eigenvalue weighted by Crippen LogP contribution is -2.62. The molecule has 12 nitrogen and oxygen atoms in total. The molecule has 1 N–H and O–H groups in total. The van der Waals surface area contributed by atoms with Gasteiger partial charge in [-0.05, 0) is 24.3 Å². The first kappa shape index (κ1) is 27.7. The fourth-order valence-corrected chi connectivity index (χ4v) is 4.35. The minimum atomic E-state index is -4.26. The third-order valence-corrected chi connectivity index (χ3v) is 5.98. The molecule has 5 atom stereocenters. The maximum absolute atomic E-state index is 12.8. The molecule has 1 saturated heterocycles. The zero-order valence-corrected chi connectivity index (χ0v) is 20.8. The topological polar surface area (TPSA) is 169 Å². The van der Waals surface area contributed by atoms with E-state index in [4.69, 9.17) is 22.6 Å². The first-order valence-corrected chi connectivity index (χ1v) is 14.1. The van der Waals surface area contributed by atoms with Crippen LogP contribution in [0.1, 0.15) is 20.7 Å². The molecule has 0 aliphatic carbocycles. The average Bonchev–Trinajstić information content (AvgIpc) is 2.81. The lowest BCUT2D eigenvalue weighted by Gasteiger charge is -2.42. The summed E-state index contributed by atoms with van der Waals surface area (Å²) in [5.74, 6) is -1.90. The molecule has 1 aliphatic rings. The van der Waals surface area contributed by atoms with E-state index in [1.165, 1.54) is 24.3 Å². The summed E-state index contributed by atoms with van der Waals surface area (Å²) in [7, 11) is -8.28. The molecular formula is C22H24O12S2. The molecule has 1 aliphatic heterocycles. The normalized spacial score (nSPS) is 24.6. The van der Waals surface area contributed by atoms with Crippen LogP contribution in [0.4, 0.5) is 0 Å². The second kappa shape index (κ2) is 11.5. The molecule has 1 unspecified atom stereocenters. The number of carbonyl (C=O) groups is 2. The van der Waals surface area contributed by atoms with Crippen molar-refractivity contribution in [1.29, 1.82) is 0 Å². The van der Waals surface area contributed by atoms with E-state index in [0.29, 0.717) is 6.26 Å². The van der Waals surface area contributed by atoms with Crippen LogP contribution in [0.5, 0.6) is 0 Å². The Morgan fingerprint density at radius 3 is 1.69 bits per heavy atom. The molecule has 2 aromatic rings. The fourth-order valence-electron chi connectivity index (χ4n) is 3.33. The summed E-state index contributed by atoms with van der Waals surface area (Å²) < 4.78 is 73.0. The standard InChI is InChI=1S/C22H24O12S2/c1-35(26,27)30-13-16-17(34-36(2,28)29)18(32-20(23)14-9-5-3-6-10-14)19(22(25)31-16)33-21(24)15-11-7-4-8-12-15/h3-12,16-19,22,25H,13H2,1-2H3/t16-,17-,18+,19-,22?/m1/s1. The van der Waals surface area contributed by atoms with Crippen LogP contribution in [0.3, 0.4) is 0 Å². The summed E-state index contributed by atoms with van der Waals surface area (Å²) in [5.41, 5.74) is 0.148. The van der Waals surface area contributed by atoms with E-state index in [9.17, 15) is 31.5 Å². The van der Waals surface area contributed by atoms with Crippen molar-refractivity contribution < 1.29 is 54.1 Å². The molecule has 0 spiro atoms. The number of aliphatic hydroxyl groups is 1. The van der Waals surface area contributed by atoms with E-state index in [2.05, 4.69) is 0 Å². The molecule has 1 heterocycles. The van der Waals surface area contributed by atoms with Crippen LogP contribution in [0.15, 0.2) is 60.7 Å². The van der Waals surface area contributed by atoms with Crippen LogP contribution >= 0.6 is 0 Å². The second-order valence-corrected chi connectivity index (χ2v) is 11.0. The molecule has 36 heavy (non-hydrogen) atoms. The van der Waals surface area contributed by atoms with Crippen molar-refractivity contribution >= 4 is 32.2 Å². The van der Waals surface area contributed by atoms with Gasteiger partial charge in [0.15, 0.2) is 18.5 Å². The SMILES string of the molecule is CS(=O)(=O)OC[C@H]1OC(O)[C@H](OC(=O)c2ccccc2)[C@@H](OC(=O)c2ccccc2)[C@@H]1OS(C)(=O)=O. The number of esters is 2. The maximum atomic E-state index is 12.8. The zero-order chi connectivity index (χ0) is 26.5. The monoisotopic (exact) mass is 544 g/mol. The summed E-state index contributed by atoms with van der Waals surface area (Å²) in [4.78, 5) is 25.5. The quantitative estimate of drug-likeness (QED) is 0.343. The molecule has 0 aromatic heterocycles. The average molecular weight is 545 g/mol. The van der Waals surface area contributed by atoms with E-state index >= 15 is 0 Å². The molecule has 1 fully saturated rings. The highest BCUT2D eigenvalue weighted by Crippen LogP contribution is 2.30. The number of hydrogen-bond acceptors (Lipinski definition) is 12. The Morgan fingerprint density at radius 1 is 0.778 bits per heavy atom. The van der Waals surface area contributed by atoms with Gasteiger partial charge in [0.05, 0.1) is 30.2 Å². The van der Waals surface area contributed by atoms with E-state index in [0.717, 1.165) is 6.26 Å². The minimum Gasteiger partial charge on any atom is -0.452 e. The molecule has 0 amide bonds. The van der Waals surface area contributed by atoms with Crippen molar-refractivity contribution in [3.63, 3.8) is 0 Å². The first-order chi connectivity index (χ1) is 16.8. The number of rotatable bonds is 9. The van der Waals surface area contributed by atoms with Gasteiger partial charge < -0.3 is 19.3 Å². The van der Waals surface area contributed by atoms with E-state index in [1.54, 1.807) is 36.4 Å². The van der Waals surface area contributed by atoms with Crippen LogP contribution in [0.25, 0.3) is 0 Å². The van der Waals surface area contributed by atoms with Gasteiger partial charge >= 0.3 is 11.9 Å². The largest absolute Gasteiger partial charge is 0.452 e. The molecule has 196 valence electrons. The molecule has 0 radical (unpaired) electrons. The van der Waals surface area contributed by atoms with Crippen molar-refractivity contribution in [1.82, 2.24) is 0 Å². The van der Waals surface area contributed by atoms with Crippen LogP contribution in [-0.2, 0) is 42.8 Å². The number of carbonyl (C=O) groups excluding carboxylic acids is 2. The summed E-state index contributed by atoms with van der Waals surface area (Å²) in [6, 6.07) is 15.2. The van der Waals surface area contributed by atoms with Crippen LogP contribution < -0.4 is 0 Å². The predicted octanol–water partition coefficient (Wildman–Crippen LogP) is 0.476. The highest BCUT2D eigenvalue weighted by Gasteiger charge is 2.52. The molecule has 0 bridgehead atoms. The van der Waals surface area contributed by atoms with Gasteiger partial charge in [0, 0.05) is 0 Å². The summed E-state index contributed by atoms with van der Waals surface area (Å²) in [6.07, 6.45) is -7.36. The third-order valence-electron chi connectivity index (χ3n) is 4.85. The maximum Gasteiger partial charge on any atom is 0.338 e. The molecule has 14 heteroatoms. The van der Waals surface area contributed by atoms with Crippen LogP contribution in [-0.4, -0.2) is 83.7 Å². The number of benzene rings is 2. The summed E-state index contributed by atoms with van der Waals surface area (Å²) in [6.45, 7) is -0.797. The van der Waals surface area contributed by atoms with Crippen molar-refractivity contribution in [2.75, 3.05) is 19.1 Å². The third kappa shape index (κ3) is 7.81. The predicted molar refractivity (Wildman–Crippen MR) is 123 cm³/mol. The van der Waals surface area contributed by atoms with Gasteiger partial charge in [0.1, 0.15) is 12.2 Å². The number of aliphatic hydroxyl groups excluding tert-OH is 1. The fraction of sp³-hybridized carbons (Fsp3) is 0.364. The molecule has 0 saturated carbocycles. The van der Waals surface area contributed by atoms with Crippen molar-refractivity contribution in [2.45, 2.75) is 30.7 Å². The van der Waals surface area contributed by atoms with Gasteiger partial charge in [-0.25, -0.2) is 9.59 Å². The number of hydrogen-bond donors (Lipinski definition) is 1. The van der Waals surface area contributed by atoms with E-state index in [-0.39, 0.29) is 11.1 Å². The van der Waals surface area contributed by atoms with Gasteiger partial charge in [-0.1, -0.05) is 36.4 Å². The van der Waals surface area contributed by atoms with Gasteiger partial charge in [0.2, 0.25) is 0 Å². The highest BCUT2D eigenvalue weighted by molar-refractivity contribution is 7.86. The van der Waals surface area contributed by atoms with Crippen molar-refractivity contribution in [3.05, 3.63) is 71.8 Å². The van der Waals surface area contributed by atoms with E-state index < -0.39 is 69.5 Å². The Morgan fingerprint density at radius 2 is 1.25 bits per heavy atom. The lowest BCUT2D eigenvalue weighted by molar-refractivity contribution is -0.278. The second-order valence-electron chi connectivity index (χ2n) is 7.79.